The van der Waals surface area contributed by atoms with Crippen LogP contribution in [0.25, 0.3) is 0 Å². The molecule has 4 rings (SSSR count). The standard InChI is InChI=1S/C23H24FN3O5/c1-29-17-10-11-18(20(13-17)30-2)23(28)27-12-4-3-5-19(27)22-25-21(32-26-22)14-31-16-8-6-15(24)7-9-16/h6-11,13,19H,3-5,12,14H2,1-2H3. The lowest BCUT2D eigenvalue weighted by atomic mass is 10.00. The molecule has 0 spiro atoms. The molecule has 1 amide bonds. The molecule has 1 fully saturated rings. The summed E-state index contributed by atoms with van der Waals surface area (Å²) in [6, 6.07) is 10.5. The summed E-state index contributed by atoms with van der Waals surface area (Å²) in [5, 5.41) is 4.09. The zero-order valence-electron chi connectivity index (χ0n) is 17.9. The molecule has 32 heavy (non-hydrogen) atoms. The van der Waals surface area contributed by atoms with E-state index in [1.54, 1.807) is 30.2 Å². The number of ether oxygens (including phenoxy) is 3. The van der Waals surface area contributed by atoms with Crippen LogP contribution in [0.3, 0.4) is 0 Å². The summed E-state index contributed by atoms with van der Waals surface area (Å²) in [6.45, 7) is 0.625. The molecule has 0 radical (unpaired) electrons. The maximum Gasteiger partial charge on any atom is 0.264 e. The molecule has 1 aromatic heterocycles. The summed E-state index contributed by atoms with van der Waals surface area (Å²) in [4.78, 5) is 19.6. The van der Waals surface area contributed by atoms with Crippen molar-refractivity contribution in [1.82, 2.24) is 15.0 Å². The normalized spacial score (nSPS) is 16.0. The first kappa shape index (κ1) is 21.6. The second kappa shape index (κ2) is 9.67. The van der Waals surface area contributed by atoms with E-state index in [2.05, 4.69) is 10.1 Å². The Morgan fingerprint density at radius 1 is 1.12 bits per heavy atom. The highest BCUT2D eigenvalue weighted by Crippen LogP contribution is 2.33. The van der Waals surface area contributed by atoms with Crippen molar-refractivity contribution in [1.29, 1.82) is 0 Å². The van der Waals surface area contributed by atoms with Gasteiger partial charge in [-0.3, -0.25) is 4.79 Å². The van der Waals surface area contributed by atoms with Gasteiger partial charge in [0.1, 0.15) is 23.1 Å². The molecular formula is C23H24FN3O5. The van der Waals surface area contributed by atoms with Gasteiger partial charge in [0.2, 0.25) is 0 Å². The van der Waals surface area contributed by atoms with Crippen molar-refractivity contribution in [2.75, 3.05) is 20.8 Å². The van der Waals surface area contributed by atoms with E-state index in [0.29, 0.717) is 35.2 Å². The summed E-state index contributed by atoms with van der Waals surface area (Å²) in [6.07, 6.45) is 2.56. The number of methoxy groups -OCH3 is 2. The lowest BCUT2D eigenvalue weighted by Crippen LogP contribution is -2.39. The highest BCUT2D eigenvalue weighted by atomic mass is 19.1. The molecule has 9 heteroatoms. The van der Waals surface area contributed by atoms with Crippen LogP contribution >= 0.6 is 0 Å². The van der Waals surface area contributed by atoms with Crippen molar-refractivity contribution in [3.8, 4) is 17.2 Å². The fourth-order valence-electron chi connectivity index (χ4n) is 3.71. The predicted octanol–water partition coefficient (Wildman–Crippen LogP) is 4.17. The number of benzene rings is 2. The summed E-state index contributed by atoms with van der Waals surface area (Å²) in [5.74, 6) is 1.76. The van der Waals surface area contributed by atoms with Gasteiger partial charge in [-0.15, -0.1) is 0 Å². The van der Waals surface area contributed by atoms with E-state index >= 15 is 0 Å². The second-order valence-corrected chi connectivity index (χ2v) is 7.37. The summed E-state index contributed by atoms with van der Waals surface area (Å²) in [5.41, 5.74) is 0.448. The van der Waals surface area contributed by atoms with Crippen LogP contribution in [0.2, 0.25) is 0 Å². The molecule has 2 heterocycles. The fraction of sp³-hybridized carbons (Fsp3) is 0.348. The number of nitrogens with zero attached hydrogens (tertiary/aromatic N) is 3. The Morgan fingerprint density at radius 2 is 1.91 bits per heavy atom. The largest absolute Gasteiger partial charge is 0.497 e. The van der Waals surface area contributed by atoms with Crippen molar-refractivity contribution < 1.29 is 27.9 Å². The van der Waals surface area contributed by atoms with Gasteiger partial charge < -0.3 is 23.6 Å². The predicted molar refractivity (Wildman–Crippen MR) is 112 cm³/mol. The molecule has 0 saturated carbocycles. The van der Waals surface area contributed by atoms with Crippen molar-refractivity contribution in [2.24, 2.45) is 0 Å². The third kappa shape index (κ3) is 4.66. The number of rotatable bonds is 7. The number of hydrogen-bond donors (Lipinski definition) is 0. The van der Waals surface area contributed by atoms with Gasteiger partial charge >= 0.3 is 0 Å². The topological polar surface area (TPSA) is 86.9 Å². The van der Waals surface area contributed by atoms with Gasteiger partial charge in [-0.25, -0.2) is 4.39 Å². The summed E-state index contributed by atoms with van der Waals surface area (Å²) in [7, 11) is 3.08. The number of aromatic nitrogens is 2. The van der Waals surface area contributed by atoms with Gasteiger partial charge in [-0.1, -0.05) is 5.16 Å². The quantitative estimate of drug-likeness (QED) is 0.544. The first-order valence-corrected chi connectivity index (χ1v) is 10.3. The van der Waals surface area contributed by atoms with Crippen LogP contribution in [0.5, 0.6) is 17.2 Å². The van der Waals surface area contributed by atoms with Crippen LogP contribution in [0.1, 0.15) is 47.4 Å². The third-order valence-corrected chi connectivity index (χ3v) is 5.36. The van der Waals surface area contributed by atoms with E-state index in [0.717, 1.165) is 19.3 Å². The van der Waals surface area contributed by atoms with Crippen LogP contribution in [-0.2, 0) is 6.61 Å². The molecule has 8 nitrogen and oxygen atoms in total. The van der Waals surface area contributed by atoms with E-state index < -0.39 is 0 Å². The molecule has 0 aliphatic carbocycles. The van der Waals surface area contributed by atoms with Crippen molar-refractivity contribution >= 4 is 5.91 Å². The summed E-state index contributed by atoms with van der Waals surface area (Å²) >= 11 is 0. The minimum Gasteiger partial charge on any atom is -0.497 e. The monoisotopic (exact) mass is 441 g/mol. The number of likely N-dealkylation sites (tertiary alicyclic amines) is 1. The molecule has 0 bridgehead atoms. The molecule has 3 aromatic rings. The maximum atomic E-state index is 13.4. The van der Waals surface area contributed by atoms with E-state index in [1.807, 2.05) is 0 Å². The molecule has 0 N–H and O–H groups in total. The molecule has 1 saturated heterocycles. The minimum atomic E-state index is -0.340. The zero-order chi connectivity index (χ0) is 22.5. The Bertz CT molecular complexity index is 1070. The second-order valence-electron chi connectivity index (χ2n) is 7.37. The van der Waals surface area contributed by atoms with Crippen LogP contribution in [0.15, 0.2) is 47.0 Å². The lowest BCUT2D eigenvalue weighted by molar-refractivity contribution is 0.0593. The van der Waals surface area contributed by atoms with Gasteiger partial charge in [0.05, 0.1) is 25.8 Å². The van der Waals surface area contributed by atoms with E-state index in [4.69, 9.17) is 18.7 Å². The third-order valence-electron chi connectivity index (χ3n) is 5.36. The molecule has 1 aliphatic rings. The van der Waals surface area contributed by atoms with E-state index in [9.17, 15) is 9.18 Å². The Hall–Kier alpha value is -3.62. The van der Waals surface area contributed by atoms with Crippen molar-refractivity contribution in [3.63, 3.8) is 0 Å². The molecular weight excluding hydrogens is 417 g/mol. The van der Waals surface area contributed by atoms with Crippen LogP contribution in [0, 0.1) is 5.82 Å². The Kier molecular flexibility index (Phi) is 6.53. The van der Waals surface area contributed by atoms with Gasteiger partial charge in [-0.2, -0.15) is 4.98 Å². The van der Waals surface area contributed by atoms with Crippen LogP contribution in [-0.4, -0.2) is 41.7 Å². The first-order valence-electron chi connectivity index (χ1n) is 10.3. The zero-order valence-corrected chi connectivity index (χ0v) is 17.9. The smallest absolute Gasteiger partial charge is 0.264 e. The number of piperidine rings is 1. The van der Waals surface area contributed by atoms with E-state index in [1.165, 1.54) is 31.4 Å². The average Bonchev–Trinajstić information content (AvgIpc) is 3.31. The number of halogens is 1. The number of hydrogen-bond acceptors (Lipinski definition) is 7. The van der Waals surface area contributed by atoms with Crippen LogP contribution < -0.4 is 14.2 Å². The first-order chi connectivity index (χ1) is 15.6. The van der Waals surface area contributed by atoms with Gasteiger partial charge in [0, 0.05) is 12.6 Å². The number of carbonyl (C=O) groups excluding carboxylic acids is 1. The molecule has 168 valence electrons. The lowest BCUT2D eigenvalue weighted by Gasteiger charge is -2.34. The summed E-state index contributed by atoms with van der Waals surface area (Å²) < 4.78 is 34.6. The van der Waals surface area contributed by atoms with Gasteiger partial charge in [0.15, 0.2) is 12.4 Å². The fourth-order valence-corrected chi connectivity index (χ4v) is 3.71. The van der Waals surface area contributed by atoms with Gasteiger partial charge in [-0.05, 0) is 55.7 Å². The highest BCUT2D eigenvalue weighted by Gasteiger charge is 2.33. The Balaban J connectivity index is 1.50. The maximum absolute atomic E-state index is 13.4. The van der Waals surface area contributed by atoms with Crippen molar-refractivity contribution in [3.05, 3.63) is 65.6 Å². The average molecular weight is 441 g/mol. The molecule has 2 aromatic carbocycles. The minimum absolute atomic E-state index is 0.0472. The SMILES string of the molecule is COc1ccc(C(=O)N2CCCCC2c2noc(COc3ccc(F)cc3)n2)c(OC)c1. The molecule has 1 unspecified atom stereocenters. The number of amides is 1. The molecule has 1 atom stereocenters. The van der Waals surface area contributed by atoms with E-state index in [-0.39, 0.29) is 30.3 Å². The highest BCUT2D eigenvalue weighted by molar-refractivity contribution is 5.97. The van der Waals surface area contributed by atoms with Crippen molar-refractivity contribution in [2.45, 2.75) is 31.9 Å². The number of carbonyl (C=O) groups is 1. The Morgan fingerprint density at radius 3 is 2.66 bits per heavy atom. The molecule has 1 aliphatic heterocycles. The van der Waals surface area contributed by atoms with Crippen LogP contribution in [0.4, 0.5) is 4.39 Å². The Labute approximate surface area is 184 Å². The van der Waals surface area contributed by atoms with Gasteiger partial charge in [0.25, 0.3) is 11.8 Å².